The molecule has 0 saturated heterocycles. The number of carbonyl (C=O) groups is 1. The maximum absolute atomic E-state index is 12.4. The molecule has 0 spiro atoms. The van der Waals surface area contributed by atoms with Crippen LogP contribution in [0.15, 0.2) is 42.6 Å². The molecule has 0 fully saturated rings. The summed E-state index contributed by atoms with van der Waals surface area (Å²) >= 11 is 5.93. The van der Waals surface area contributed by atoms with Gasteiger partial charge in [0.25, 0.3) is 5.91 Å². The number of hydrogen-bond donors (Lipinski definition) is 0. The van der Waals surface area contributed by atoms with Crippen LogP contribution in [0.2, 0.25) is 5.02 Å². The van der Waals surface area contributed by atoms with Crippen LogP contribution in [0.25, 0.3) is 0 Å². The van der Waals surface area contributed by atoms with Crippen molar-refractivity contribution in [3.8, 4) is 6.07 Å². The number of rotatable bonds is 3. The Hall–Kier alpha value is -2.38. The summed E-state index contributed by atoms with van der Waals surface area (Å²) in [6.07, 6.45) is 1.51. The fraction of sp³-hybridized carbons (Fsp3) is 0.133. The third-order valence-corrected chi connectivity index (χ3v) is 2.99. The second kappa shape index (κ2) is 6.18. The van der Waals surface area contributed by atoms with Gasteiger partial charge in [-0.15, -0.1) is 0 Å². The lowest BCUT2D eigenvalue weighted by Gasteiger charge is -2.19. The third-order valence-electron chi connectivity index (χ3n) is 2.75. The van der Waals surface area contributed by atoms with Gasteiger partial charge in [-0.25, -0.2) is 0 Å². The highest BCUT2D eigenvalue weighted by atomic mass is 35.5. The summed E-state index contributed by atoms with van der Waals surface area (Å²) in [6.45, 7) is 1.80. The molecule has 0 radical (unpaired) electrons. The third kappa shape index (κ3) is 3.14. The fourth-order valence-corrected chi connectivity index (χ4v) is 1.93. The normalized spacial score (nSPS) is 9.85. The zero-order valence-corrected chi connectivity index (χ0v) is 11.6. The number of aryl methyl sites for hydroxylation is 1. The van der Waals surface area contributed by atoms with Gasteiger partial charge in [0.05, 0.1) is 11.6 Å². The first-order valence-electron chi connectivity index (χ1n) is 5.99. The van der Waals surface area contributed by atoms with Crippen molar-refractivity contribution < 1.29 is 4.79 Å². The minimum Gasteiger partial charge on any atom is -0.294 e. The van der Waals surface area contributed by atoms with Crippen LogP contribution >= 0.6 is 11.6 Å². The highest BCUT2D eigenvalue weighted by Gasteiger charge is 2.17. The Morgan fingerprint density at radius 2 is 2.20 bits per heavy atom. The standard InChI is InChI=1S/C15H12ClN3O/c1-11-5-6-12(10-18-11)15(20)19(8-7-17)14-4-2-3-13(16)9-14/h2-6,9-10H,8H2,1H3. The average molecular weight is 286 g/mol. The Morgan fingerprint density at radius 1 is 1.40 bits per heavy atom. The maximum atomic E-state index is 12.4. The number of benzene rings is 1. The van der Waals surface area contributed by atoms with E-state index in [2.05, 4.69) is 4.98 Å². The number of aromatic nitrogens is 1. The van der Waals surface area contributed by atoms with Gasteiger partial charge < -0.3 is 0 Å². The Labute approximate surface area is 122 Å². The molecule has 1 amide bonds. The van der Waals surface area contributed by atoms with E-state index in [9.17, 15) is 4.79 Å². The van der Waals surface area contributed by atoms with Crippen LogP contribution in [0.5, 0.6) is 0 Å². The molecule has 2 aromatic rings. The number of nitriles is 1. The lowest BCUT2D eigenvalue weighted by molar-refractivity contribution is 0.0989. The molecular formula is C15H12ClN3O. The van der Waals surface area contributed by atoms with Crippen molar-refractivity contribution in [1.29, 1.82) is 5.26 Å². The predicted molar refractivity (Wildman–Crippen MR) is 77.7 cm³/mol. The van der Waals surface area contributed by atoms with Crippen LogP contribution in [0.3, 0.4) is 0 Å². The molecule has 0 atom stereocenters. The lowest BCUT2D eigenvalue weighted by atomic mass is 10.2. The number of amides is 1. The fourth-order valence-electron chi connectivity index (χ4n) is 1.75. The number of hydrogen-bond acceptors (Lipinski definition) is 3. The molecule has 0 saturated carbocycles. The van der Waals surface area contributed by atoms with Gasteiger partial charge in [0, 0.05) is 22.6 Å². The second-order valence-corrected chi connectivity index (χ2v) is 4.65. The van der Waals surface area contributed by atoms with E-state index in [-0.39, 0.29) is 12.5 Å². The van der Waals surface area contributed by atoms with Crippen molar-refractivity contribution in [2.75, 3.05) is 11.4 Å². The minimum absolute atomic E-state index is 0.0486. The van der Waals surface area contributed by atoms with Gasteiger partial charge in [0.15, 0.2) is 0 Å². The molecule has 1 aromatic heterocycles. The van der Waals surface area contributed by atoms with Crippen molar-refractivity contribution in [3.63, 3.8) is 0 Å². The summed E-state index contributed by atoms with van der Waals surface area (Å²) < 4.78 is 0. The molecule has 1 heterocycles. The summed E-state index contributed by atoms with van der Waals surface area (Å²) in [5.74, 6) is -0.277. The number of halogens is 1. The molecule has 100 valence electrons. The molecule has 1 aromatic carbocycles. The Kier molecular flexibility index (Phi) is 4.34. The maximum Gasteiger partial charge on any atom is 0.260 e. The zero-order valence-electron chi connectivity index (χ0n) is 10.9. The van der Waals surface area contributed by atoms with E-state index in [0.717, 1.165) is 5.69 Å². The molecule has 20 heavy (non-hydrogen) atoms. The summed E-state index contributed by atoms with van der Waals surface area (Å²) in [5, 5.41) is 9.43. The number of anilines is 1. The largest absolute Gasteiger partial charge is 0.294 e. The van der Waals surface area contributed by atoms with Gasteiger partial charge in [-0.1, -0.05) is 17.7 Å². The monoisotopic (exact) mass is 285 g/mol. The molecule has 4 nitrogen and oxygen atoms in total. The number of pyridine rings is 1. The molecule has 5 heteroatoms. The van der Waals surface area contributed by atoms with Gasteiger partial charge >= 0.3 is 0 Å². The van der Waals surface area contributed by atoms with E-state index in [4.69, 9.17) is 16.9 Å². The summed E-state index contributed by atoms with van der Waals surface area (Å²) in [4.78, 5) is 17.9. The molecule has 0 aliphatic carbocycles. The van der Waals surface area contributed by atoms with Gasteiger partial charge in [-0.3, -0.25) is 14.7 Å². The Balaban J connectivity index is 2.36. The molecule has 0 aliphatic heterocycles. The highest BCUT2D eigenvalue weighted by molar-refractivity contribution is 6.31. The van der Waals surface area contributed by atoms with Crippen LogP contribution in [0.4, 0.5) is 5.69 Å². The molecule has 0 unspecified atom stereocenters. The Bertz CT molecular complexity index is 662. The van der Waals surface area contributed by atoms with E-state index in [1.54, 1.807) is 36.4 Å². The van der Waals surface area contributed by atoms with E-state index in [1.165, 1.54) is 11.1 Å². The van der Waals surface area contributed by atoms with Crippen LogP contribution < -0.4 is 4.90 Å². The topological polar surface area (TPSA) is 57.0 Å². The van der Waals surface area contributed by atoms with Crippen LogP contribution in [-0.2, 0) is 0 Å². The SMILES string of the molecule is Cc1ccc(C(=O)N(CC#N)c2cccc(Cl)c2)cn1. The predicted octanol–water partition coefficient (Wildman–Crippen LogP) is 3.21. The van der Waals surface area contributed by atoms with E-state index in [1.807, 2.05) is 13.0 Å². The van der Waals surface area contributed by atoms with E-state index in [0.29, 0.717) is 16.3 Å². The van der Waals surface area contributed by atoms with Gasteiger partial charge in [-0.05, 0) is 37.3 Å². The average Bonchev–Trinajstić information content (AvgIpc) is 2.45. The van der Waals surface area contributed by atoms with Crippen LogP contribution in [0, 0.1) is 18.3 Å². The van der Waals surface area contributed by atoms with Gasteiger partial charge in [0.1, 0.15) is 6.54 Å². The molecule has 0 bridgehead atoms. The molecule has 2 rings (SSSR count). The number of carbonyl (C=O) groups excluding carboxylic acids is 1. The first-order valence-corrected chi connectivity index (χ1v) is 6.36. The second-order valence-electron chi connectivity index (χ2n) is 4.22. The summed E-state index contributed by atoms with van der Waals surface area (Å²) in [6, 6.07) is 12.3. The highest BCUT2D eigenvalue weighted by Crippen LogP contribution is 2.21. The van der Waals surface area contributed by atoms with E-state index < -0.39 is 0 Å². The Morgan fingerprint density at radius 3 is 2.80 bits per heavy atom. The van der Waals surface area contributed by atoms with Crippen LogP contribution in [0.1, 0.15) is 16.1 Å². The van der Waals surface area contributed by atoms with Crippen molar-refractivity contribution in [2.45, 2.75) is 6.92 Å². The quantitative estimate of drug-likeness (QED) is 0.814. The summed E-state index contributed by atoms with van der Waals surface area (Å²) in [5.41, 5.74) is 1.85. The van der Waals surface area contributed by atoms with Crippen LogP contribution in [-0.4, -0.2) is 17.4 Å². The van der Waals surface area contributed by atoms with Crippen molar-refractivity contribution >= 4 is 23.2 Å². The summed E-state index contributed by atoms with van der Waals surface area (Å²) in [7, 11) is 0. The minimum atomic E-state index is -0.277. The van der Waals surface area contributed by atoms with E-state index >= 15 is 0 Å². The molecular weight excluding hydrogens is 274 g/mol. The first-order chi connectivity index (χ1) is 9.61. The zero-order chi connectivity index (χ0) is 14.5. The van der Waals surface area contributed by atoms with Gasteiger partial charge in [0.2, 0.25) is 0 Å². The first kappa shape index (κ1) is 14.0. The molecule has 0 aliphatic rings. The smallest absolute Gasteiger partial charge is 0.260 e. The van der Waals surface area contributed by atoms with Gasteiger partial charge in [-0.2, -0.15) is 5.26 Å². The lowest BCUT2D eigenvalue weighted by Crippen LogP contribution is -2.31. The number of nitrogens with zero attached hydrogens (tertiary/aromatic N) is 3. The van der Waals surface area contributed by atoms with Crippen molar-refractivity contribution in [2.24, 2.45) is 0 Å². The van der Waals surface area contributed by atoms with Crippen molar-refractivity contribution in [1.82, 2.24) is 4.98 Å². The molecule has 0 N–H and O–H groups in total. The van der Waals surface area contributed by atoms with Crippen molar-refractivity contribution in [3.05, 3.63) is 58.9 Å².